The first-order valence-corrected chi connectivity index (χ1v) is 5.30. The van der Waals surface area contributed by atoms with Crippen LogP contribution in [0, 0.1) is 6.92 Å². The third kappa shape index (κ3) is 2.37. The molecule has 4 N–H and O–H groups in total. The molecule has 0 aliphatic rings. The van der Waals surface area contributed by atoms with E-state index in [0.717, 1.165) is 0 Å². The summed E-state index contributed by atoms with van der Waals surface area (Å²) in [7, 11) is 0. The number of H-pyrrole nitrogens is 1. The van der Waals surface area contributed by atoms with E-state index in [0.29, 0.717) is 16.8 Å². The quantitative estimate of drug-likeness (QED) is 0.683. The van der Waals surface area contributed by atoms with Crippen LogP contribution >= 0.6 is 0 Å². The van der Waals surface area contributed by atoms with Crippen molar-refractivity contribution in [2.45, 2.75) is 6.92 Å². The fourth-order valence-electron chi connectivity index (χ4n) is 1.50. The van der Waals surface area contributed by atoms with Crippen LogP contribution < -0.4 is 16.6 Å². The van der Waals surface area contributed by atoms with E-state index in [4.69, 9.17) is 5.73 Å². The van der Waals surface area contributed by atoms with Crippen molar-refractivity contribution < 1.29 is 4.79 Å². The number of aromatic amines is 1. The molecule has 18 heavy (non-hydrogen) atoms. The molecular weight excluding hydrogens is 232 g/mol. The normalized spacial score (nSPS) is 10.1. The fraction of sp³-hybridized carbons (Fsp3) is 0.0833. The van der Waals surface area contributed by atoms with Gasteiger partial charge < -0.3 is 11.1 Å². The lowest BCUT2D eigenvalue weighted by atomic mass is 10.1. The third-order valence-corrected chi connectivity index (χ3v) is 2.54. The van der Waals surface area contributed by atoms with E-state index in [-0.39, 0.29) is 17.3 Å². The number of hydrogen-bond acceptors (Lipinski definition) is 4. The number of benzene rings is 1. The first-order chi connectivity index (χ1) is 8.58. The highest BCUT2D eigenvalue weighted by atomic mass is 16.2. The minimum Gasteiger partial charge on any atom is -0.398 e. The van der Waals surface area contributed by atoms with Gasteiger partial charge in [-0.25, -0.2) is 5.10 Å². The summed E-state index contributed by atoms with van der Waals surface area (Å²) in [5, 5.41) is 8.51. The molecule has 1 heterocycles. The zero-order chi connectivity index (χ0) is 13.1. The highest BCUT2D eigenvalue weighted by molar-refractivity contribution is 6.05. The van der Waals surface area contributed by atoms with E-state index in [1.165, 1.54) is 12.1 Å². The second-order valence-electron chi connectivity index (χ2n) is 3.78. The Kier molecular flexibility index (Phi) is 3.09. The third-order valence-electron chi connectivity index (χ3n) is 2.54. The van der Waals surface area contributed by atoms with Crippen molar-refractivity contribution in [1.29, 1.82) is 0 Å². The second-order valence-corrected chi connectivity index (χ2v) is 3.78. The van der Waals surface area contributed by atoms with Crippen LogP contribution in [0.1, 0.15) is 15.9 Å². The first kappa shape index (κ1) is 11.8. The molecule has 2 rings (SSSR count). The Hall–Kier alpha value is -2.63. The fourth-order valence-corrected chi connectivity index (χ4v) is 1.50. The first-order valence-electron chi connectivity index (χ1n) is 5.30. The van der Waals surface area contributed by atoms with Gasteiger partial charge in [0.1, 0.15) is 0 Å². The molecule has 1 amide bonds. The van der Waals surface area contributed by atoms with Crippen LogP contribution in [0.3, 0.4) is 0 Å². The van der Waals surface area contributed by atoms with Crippen LogP contribution in [0.15, 0.2) is 35.1 Å². The van der Waals surface area contributed by atoms with Crippen LogP contribution in [0.5, 0.6) is 0 Å². The predicted molar refractivity (Wildman–Crippen MR) is 68.4 cm³/mol. The predicted octanol–water partition coefficient (Wildman–Crippen LogP) is 0.913. The van der Waals surface area contributed by atoms with Crippen LogP contribution in [-0.4, -0.2) is 16.1 Å². The molecule has 6 nitrogen and oxygen atoms in total. The van der Waals surface area contributed by atoms with Gasteiger partial charge in [0.25, 0.3) is 11.5 Å². The van der Waals surface area contributed by atoms with E-state index in [1.807, 2.05) is 0 Å². The van der Waals surface area contributed by atoms with Crippen LogP contribution in [0.2, 0.25) is 0 Å². The Morgan fingerprint density at radius 1 is 1.33 bits per heavy atom. The van der Waals surface area contributed by atoms with Crippen molar-refractivity contribution in [1.82, 2.24) is 10.2 Å². The summed E-state index contributed by atoms with van der Waals surface area (Å²) in [6, 6.07) is 7.82. The van der Waals surface area contributed by atoms with Crippen LogP contribution in [0.4, 0.5) is 11.5 Å². The average molecular weight is 244 g/mol. The summed E-state index contributed by atoms with van der Waals surface area (Å²) in [6.45, 7) is 1.77. The van der Waals surface area contributed by atoms with Crippen molar-refractivity contribution in [2.24, 2.45) is 0 Å². The molecule has 0 fully saturated rings. The van der Waals surface area contributed by atoms with E-state index < -0.39 is 0 Å². The lowest BCUT2D eigenvalue weighted by molar-refractivity contribution is 0.102. The number of amides is 1. The van der Waals surface area contributed by atoms with Gasteiger partial charge in [0.15, 0.2) is 5.82 Å². The molecular formula is C12H12N4O2. The smallest absolute Gasteiger partial charge is 0.264 e. The van der Waals surface area contributed by atoms with Crippen LogP contribution in [0.25, 0.3) is 0 Å². The Labute approximate surface area is 103 Å². The molecule has 0 spiro atoms. The van der Waals surface area contributed by atoms with Crippen molar-refractivity contribution in [3.05, 3.63) is 51.8 Å². The van der Waals surface area contributed by atoms with Crippen molar-refractivity contribution in [2.75, 3.05) is 11.1 Å². The number of hydrogen-bond donors (Lipinski definition) is 3. The minimum absolute atomic E-state index is 0.279. The van der Waals surface area contributed by atoms with Gasteiger partial charge in [-0.15, -0.1) is 0 Å². The highest BCUT2D eigenvalue weighted by Crippen LogP contribution is 2.16. The number of carbonyl (C=O) groups is 1. The number of nitrogen functional groups attached to an aromatic ring is 1. The van der Waals surface area contributed by atoms with Gasteiger partial charge >= 0.3 is 0 Å². The number of anilines is 2. The van der Waals surface area contributed by atoms with Gasteiger partial charge in [-0.3, -0.25) is 9.59 Å². The van der Waals surface area contributed by atoms with Crippen molar-refractivity contribution in [3.63, 3.8) is 0 Å². The maximum absolute atomic E-state index is 12.0. The molecule has 0 bridgehead atoms. The average Bonchev–Trinajstić information content (AvgIpc) is 2.35. The topological polar surface area (TPSA) is 101 Å². The molecule has 0 aliphatic heterocycles. The zero-order valence-corrected chi connectivity index (χ0v) is 9.73. The molecule has 2 aromatic rings. The molecule has 0 unspecified atom stereocenters. The number of carbonyl (C=O) groups excluding carboxylic acids is 1. The van der Waals surface area contributed by atoms with Gasteiger partial charge in [-0.2, -0.15) is 5.10 Å². The number of nitrogens with two attached hydrogens (primary N) is 1. The van der Waals surface area contributed by atoms with E-state index in [2.05, 4.69) is 15.5 Å². The summed E-state index contributed by atoms with van der Waals surface area (Å²) in [6.07, 6.45) is 0. The Bertz CT molecular complexity index is 628. The van der Waals surface area contributed by atoms with Crippen molar-refractivity contribution >= 4 is 17.4 Å². The van der Waals surface area contributed by atoms with E-state index in [9.17, 15) is 9.59 Å². The summed E-state index contributed by atoms with van der Waals surface area (Å²) in [5.74, 6) is -0.0410. The number of nitrogens with zero attached hydrogens (tertiary/aromatic N) is 1. The standard InChI is InChI=1S/C12H12N4O2/c1-7-8(3-2-4-9(7)13)12(18)14-10-5-6-11(17)16-15-10/h2-6H,13H2,1H3,(H,16,17)(H,14,15,18). The summed E-state index contributed by atoms with van der Waals surface area (Å²) in [5.41, 5.74) is 7.14. The molecule has 92 valence electrons. The molecule has 0 radical (unpaired) electrons. The molecule has 0 saturated carbocycles. The summed E-state index contributed by atoms with van der Waals surface area (Å²) in [4.78, 5) is 22.8. The molecule has 0 atom stereocenters. The van der Waals surface area contributed by atoms with Crippen LogP contribution in [-0.2, 0) is 0 Å². The lowest BCUT2D eigenvalue weighted by Crippen LogP contribution is -2.17. The summed E-state index contributed by atoms with van der Waals surface area (Å²) < 4.78 is 0. The van der Waals surface area contributed by atoms with Crippen molar-refractivity contribution in [3.8, 4) is 0 Å². The van der Waals surface area contributed by atoms with Gasteiger partial charge in [0.05, 0.1) is 0 Å². The maximum Gasteiger partial charge on any atom is 0.264 e. The monoisotopic (exact) mass is 244 g/mol. The molecule has 0 saturated heterocycles. The lowest BCUT2D eigenvalue weighted by Gasteiger charge is -2.08. The molecule has 0 aliphatic carbocycles. The van der Waals surface area contributed by atoms with Gasteiger partial charge in [-0.05, 0) is 30.7 Å². The molecule has 1 aromatic carbocycles. The molecule has 6 heteroatoms. The second kappa shape index (κ2) is 4.70. The largest absolute Gasteiger partial charge is 0.398 e. The SMILES string of the molecule is Cc1c(N)cccc1C(=O)Nc1ccc(=O)[nH]n1. The van der Waals surface area contributed by atoms with E-state index in [1.54, 1.807) is 25.1 Å². The number of rotatable bonds is 2. The number of nitrogens with one attached hydrogen (secondary N) is 2. The highest BCUT2D eigenvalue weighted by Gasteiger charge is 2.11. The van der Waals surface area contributed by atoms with Gasteiger partial charge in [0.2, 0.25) is 0 Å². The van der Waals surface area contributed by atoms with Gasteiger partial charge in [-0.1, -0.05) is 6.07 Å². The Morgan fingerprint density at radius 2 is 2.11 bits per heavy atom. The Morgan fingerprint density at radius 3 is 2.78 bits per heavy atom. The minimum atomic E-state index is -0.326. The number of aromatic nitrogens is 2. The van der Waals surface area contributed by atoms with E-state index >= 15 is 0 Å². The van der Waals surface area contributed by atoms with Gasteiger partial charge in [0, 0.05) is 17.3 Å². The molecule has 1 aromatic heterocycles. The Balaban J connectivity index is 2.24. The summed E-state index contributed by atoms with van der Waals surface area (Å²) >= 11 is 0. The zero-order valence-electron chi connectivity index (χ0n) is 9.73. The maximum atomic E-state index is 12.0.